The summed E-state index contributed by atoms with van der Waals surface area (Å²) in [6.07, 6.45) is 3.47. The normalized spacial score (nSPS) is 10.4. The van der Waals surface area contributed by atoms with Gasteiger partial charge in [-0.2, -0.15) is 0 Å². The highest BCUT2D eigenvalue weighted by Gasteiger charge is 2.05. The third-order valence-corrected chi connectivity index (χ3v) is 3.48. The number of benzene rings is 2. The summed E-state index contributed by atoms with van der Waals surface area (Å²) in [5.74, 6) is -0.0973. The van der Waals surface area contributed by atoms with Crippen molar-refractivity contribution in [2.24, 2.45) is 5.73 Å². The van der Waals surface area contributed by atoms with E-state index in [1.165, 1.54) is 18.4 Å². The lowest BCUT2D eigenvalue weighted by Crippen LogP contribution is -2.12. The average Bonchev–Trinajstić information content (AvgIpc) is 2.54. The van der Waals surface area contributed by atoms with Crippen molar-refractivity contribution >= 4 is 11.6 Å². The Kier molecular flexibility index (Phi) is 5.52. The molecule has 0 heterocycles. The lowest BCUT2D eigenvalue weighted by Gasteiger charge is -2.07. The van der Waals surface area contributed by atoms with E-state index in [0.29, 0.717) is 12.1 Å². The number of hydrogen-bond acceptors (Lipinski definition) is 2. The van der Waals surface area contributed by atoms with E-state index in [1.54, 1.807) is 12.1 Å². The van der Waals surface area contributed by atoms with Gasteiger partial charge in [0.1, 0.15) is 0 Å². The number of amides is 1. The molecule has 0 atom stereocenters. The third kappa shape index (κ3) is 4.43. The second-order valence-electron chi connectivity index (χ2n) is 5.16. The molecule has 0 fully saturated rings. The van der Waals surface area contributed by atoms with Gasteiger partial charge in [-0.05, 0) is 48.2 Å². The number of anilines is 1. The Morgan fingerprint density at radius 1 is 1.00 bits per heavy atom. The lowest BCUT2D eigenvalue weighted by atomic mass is 10.1. The molecule has 0 unspecified atom stereocenters. The van der Waals surface area contributed by atoms with Crippen LogP contribution < -0.4 is 11.1 Å². The average molecular weight is 282 g/mol. The van der Waals surface area contributed by atoms with E-state index < -0.39 is 0 Å². The summed E-state index contributed by atoms with van der Waals surface area (Å²) >= 11 is 0. The molecule has 0 radical (unpaired) electrons. The Morgan fingerprint density at radius 3 is 2.19 bits per heavy atom. The molecule has 0 saturated heterocycles. The number of carbonyl (C=O) groups excluding carboxylic acids is 1. The van der Waals surface area contributed by atoms with Gasteiger partial charge in [0.2, 0.25) is 0 Å². The summed E-state index contributed by atoms with van der Waals surface area (Å²) in [5, 5.41) is 2.91. The number of unbranched alkanes of at least 4 members (excludes halogenated alkanes) is 1. The second-order valence-corrected chi connectivity index (χ2v) is 5.16. The minimum absolute atomic E-state index is 0.0973. The molecular weight excluding hydrogens is 260 g/mol. The van der Waals surface area contributed by atoms with Gasteiger partial charge in [0.05, 0.1) is 0 Å². The molecule has 0 aromatic heterocycles. The molecule has 0 saturated carbocycles. The van der Waals surface area contributed by atoms with Crippen molar-refractivity contribution in [1.29, 1.82) is 0 Å². The molecule has 0 bridgehead atoms. The fourth-order valence-corrected chi connectivity index (χ4v) is 2.13. The van der Waals surface area contributed by atoms with Gasteiger partial charge in [-0.25, -0.2) is 0 Å². The van der Waals surface area contributed by atoms with Crippen molar-refractivity contribution in [3.63, 3.8) is 0 Å². The summed E-state index contributed by atoms with van der Waals surface area (Å²) < 4.78 is 0. The van der Waals surface area contributed by atoms with E-state index >= 15 is 0 Å². The molecule has 2 aromatic rings. The van der Waals surface area contributed by atoms with Crippen LogP contribution >= 0.6 is 0 Å². The topological polar surface area (TPSA) is 55.1 Å². The number of nitrogens with two attached hydrogens (primary N) is 1. The zero-order valence-corrected chi connectivity index (χ0v) is 12.4. The highest BCUT2D eigenvalue weighted by Crippen LogP contribution is 2.13. The van der Waals surface area contributed by atoms with Crippen LogP contribution in [0.1, 0.15) is 41.3 Å². The predicted octanol–water partition coefficient (Wildman–Crippen LogP) is 3.74. The molecule has 21 heavy (non-hydrogen) atoms. The quantitative estimate of drug-likeness (QED) is 0.848. The van der Waals surface area contributed by atoms with Gasteiger partial charge in [-0.3, -0.25) is 4.79 Å². The Labute approximate surface area is 126 Å². The lowest BCUT2D eigenvalue weighted by molar-refractivity contribution is 0.102. The summed E-state index contributed by atoms with van der Waals surface area (Å²) in [4.78, 5) is 12.1. The van der Waals surface area contributed by atoms with Crippen LogP contribution in [0.2, 0.25) is 0 Å². The maximum atomic E-state index is 12.1. The van der Waals surface area contributed by atoms with Gasteiger partial charge in [-0.1, -0.05) is 37.6 Å². The van der Waals surface area contributed by atoms with Crippen LogP contribution in [0.15, 0.2) is 48.5 Å². The van der Waals surface area contributed by atoms with Gasteiger partial charge in [0, 0.05) is 17.8 Å². The first-order chi connectivity index (χ1) is 10.2. The summed E-state index contributed by atoms with van der Waals surface area (Å²) in [7, 11) is 0. The monoisotopic (exact) mass is 282 g/mol. The van der Waals surface area contributed by atoms with Gasteiger partial charge in [0.25, 0.3) is 5.91 Å². The largest absolute Gasteiger partial charge is 0.326 e. The Balaban J connectivity index is 1.98. The van der Waals surface area contributed by atoms with Crippen LogP contribution in [0.5, 0.6) is 0 Å². The summed E-state index contributed by atoms with van der Waals surface area (Å²) in [6, 6.07) is 15.4. The first-order valence-electron chi connectivity index (χ1n) is 7.42. The van der Waals surface area contributed by atoms with E-state index in [0.717, 1.165) is 17.7 Å². The van der Waals surface area contributed by atoms with Crippen LogP contribution in [0.3, 0.4) is 0 Å². The van der Waals surface area contributed by atoms with Crippen LogP contribution in [-0.4, -0.2) is 5.91 Å². The number of aryl methyl sites for hydroxylation is 1. The van der Waals surface area contributed by atoms with Crippen molar-refractivity contribution in [3.05, 3.63) is 65.2 Å². The van der Waals surface area contributed by atoms with E-state index in [-0.39, 0.29) is 5.91 Å². The standard InChI is InChI=1S/C18H22N2O/c1-2-3-4-14-7-11-17(12-8-14)20-18(21)16-9-5-15(13-19)6-10-16/h5-12H,2-4,13,19H2,1H3,(H,20,21). The highest BCUT2D eigenvalue weighted by atomic mass is 16.1. The second kappa shape index (κ2) is 7.60. The Morgan fingerprint density at radius 2 is 1.62 bits per heavy atom. The van der Waals surface area contributed by atoms with Crippen LogP contribution in [-0.2, 0) is 13.0 Å². The molecule has 0 spiro atoms. The SMILES string of the molecule is CCCCc1ccc(NC(=O)c2ccc(CN)cc2)cc1. The van der Waals surface area contributed by atoms with Crippen LogP contribution in [0.4, 0.5) is 5.69 Å². The maximum absolute atomic E-state index is 12.1. The fraction of sp³-hybridized carbons (Fsp3) is 0.278. The van der Waals surface area contributed by atoms with E-state index in [1.807, 2.05) is 24.3 Å². The molecule has 2 rings (SSSR count). The summed E-state index contributed by atoms with van der Waals surface area (Å²) in [6.45, 7) is 2.67. The number of rotatable bonds is 6. The number of carbonyl (C=O) groups is 1. The minimum Gasteiger partial charge on any atom is -0.326 e. The molecule has 0 aliphatic heterocycles. The van der Waals surface area contributed by atoms with E-state index in [4.69, 9.17) is 5.73 Å². The van der Waals surface area contributed by atoms with E-state index in [2.05, 4.69) is 24.4 Å². The van der Waals surface area contributed by atoms with Crippen molar-refractivity contribution in [1.82, 2.24) is 0 Å². The van der Waals surface area contributed by atoms with Crippen molar-refractivity contribution in [3.8, 4) is 0 Å². The maximum Gasteiger partial charge on any atom is 0.255 e. The van der Waals surface area contributed by atoms with Gasteiger partial charge in [0.15, 0.2) is 0 Å². The molecule has 1 amide bonds. The molecule has 0 aliphatic carbocycles. The Bertz CT molecular complexity index is 573. The van der Waals surface area contributed by atoms with Crippen LogP contribution in [0.25, 0.3) is 0 Å². The van der Waals surface area contributed by atoms with E-state index in [9.17, 15) is 4.79 Å². The van der Waals surface area contributed by atoms with Crippen molar-refractivity contribution in [2.45, 2.75) is 32.7 Å². The first-order valence-corrected chi connectivity index (χ1v) is 7.42. The first kappa shape index (κ1) is 15.3. The Hall–Kier alpha value is -2.13. The smallest absolute Gasteiger partial charge is 0.255 e. The minimum atomic E-state index is -0.0973. The van der Waals surface area contributed by atoms with Gasteiger partial charge < -0.3 is 11.1 Å². The number of nitrogens with one attached hydrogen (secondary N) is 1. The zero-order chi connectivity index (χ0) is 15.1. The third-order valence-electron chi connectivity index (χ3n) is 3.48. The van der Waals surface area contributed by atoms with Crippen molar-refractivity contribution in [2.75, 3.05) is 5.32 Å². The van der Waals surface area contributed by atoms with Crippen LogP contribution in [0, 0.1) is 0 Å². The molecule has 2 aromatic carbocycles. The highest BCUT2D eigenvalue weighted by molar-refractivity contribution is 6.04. The molecule has 110 valence electrons. The molecule has 3 heteroatoms. The molecule has 3 N–H and O–H groups in total. The van der Waals surface area contributed by atoms with Gasteiger partial charge in [-0.15, -0.1) is 0 Å². The zero-order valence-electron chi connectivity index (χ0n) is 12.4. The number of hydrogen-bond donors (Lipinski definition) is 2. The molecule has 0 aliphatic rings. The molecule has 3 nitrogen and oxygen atoms in total. The molecular formula is C18H22N2O. The predicted molar refractivity (Wildman–Crippen MR) is 87.3 cm³/mol. The summed E-state index contributed by atoms with van der Waals surface area (Å²) in [5.41, 5.74) is 9.34. The van der Waals surface area contributed by atoms with Crippen molar-refractivity contribution < 1.29 is 4.79 Å². The van der Waals surface area contributed by atoms with Gasteiger partial charge >= 0.3 is 0 Å². The fourth-order valence-electron chi connectivity index (χ4n) is 2.13.